The molecule has 0 saturated heterocycles. The molecular formula is C27H26N4O3S. The number of sulfonamides is 1. The maximum atomic E-state index is 12.9. The Morgan fingerprint density at radius 1 is 1.00 bits per heavy atom. The first kappa shape index (κ1) is 23.0. The van der Waals surface area contributed by atoms with Gasteiger partial charge in [0.05, 0.1) is 15.9 Å². The van der Waals surface area contributed by atoms with Gasteiger partial charge in [0.25, 0.3) is 0 Å². The topological polar surface area (TPSA) is 93.1 Å². The molecule has 178 valence electrons. The van der Waals surface area contributed by atoms with E-state index >= 15 is 0 Å². The molecule has 5 rings (SSSR count). The maximum Gasteiger partial charge on any atom is 0.244 e. The van der Waals surface area contributed by atoms with E-state index in [2.05, 4.69) is 10.0 Å². The molecule has 0 aliphatic heterocycles. The second-order valence-electron chi connectivity index (χ2n) is 8.67. The van der Waals surface area contributed by atoms with Gasteiger partial charge in [0.1, 0.15) is 11.9 Å². The van der Waals surface area contributed by atoms with Crippen LogP contribution in [0.3, 0.4) is 0 Å². The molecule has 1 heterocycles. The normalized spacial score (nSPS) is 14.9. The molecule has 1 aliphatic rings. The van der Waals surface area contributed by atoms with Crippen LogP contribution in [0.25, 0.3) is 17.1 Å². The number of amides is 1. The van der Waals surface area contributed by atoms with Crippen molar-refractivity contribution in [2.45, 2.75) is 29.8 Å². The molecule has 0 bridgehead atoms. The molecule has 1 atom stereocenters. The van der Waals surface area contributed by atoms with Gasteiger partial charge in [-0.2, -0.15) is 0 Å². The average molecular weight is 487 g/mol. The lowest BCUT2D eigenvalue weighted by Gasteiger charge is -2.18. The Labute approximate surface area is 204 Å². The first-order chi connectivity index (χ1) is 16.9. The van der Waals surface area contributed by atoms with Crippen molar-refractivity contribution >= 4 is 33.0 Å². The second kappa shape index (κ2) is 9.48. The summed E-state index contributed by atoms with van der Waals surface area (Å²) in [6.45, 7) is 0. The minimum Gasteiger partial charge on any atom is -0.339 e. The minimum absolute atomic E-state index is 0.0529. The predicted octanol–water partition coefficient (Wildman–Crippen LogP) is 3.93. The van der Waals surface area contributed by atoms with Gasteiger partial charge < -0.3 is 9.88 Å². The summed E-state index contributed by atoms with van der Waals surface area (Å²) in [5.74, 6) is 0.454. The molecule has 1 aliphatic carbocycles. The van der Waals surface area contributed by atoms with Crippen LogP contribution in [0.2, 0.25) is 0 Å². The first-order valence-corrected chi connectivity index (χ1v) is 13.0. The molecule has 0 radical (unpaired) electrons. The standard InChI is InChI=1S/C27H26N4O3S/c1-31-24-10-6-5-9-23(24)28-27(31)26(20-7-3-2-4-8-20)29-25(32)18-13-19-11-16-22(17-12-19)35(33,34)30-21-14-15-21/h2-13,16-18,21,26,30H,14-15H2,1H3,(H,29,32)/b18-13+. The SMILES string of the molecule is Cn1c(C(NC(=O)/C=C/c2ccc(S(=O)(=O)NC3CC3)cc2)c2ccccc2)nc2ccccc21. The van der Waals surface area contributed by atoms with Crippen LogP contribution < -0.4 is 10.0 Å². The van der Waals surface area contributed by atoms with Crippen molar-refractivity contribution < 1.29 is 13.2 Å². The molecule has 3 aromatic carbocycles. The Kier molecular flexibility index (Phi) is 6.23. The van der Waals surface area contributed by atoms with Crippen molar-refractivity contribution in [3.8, 4) is 0 Å². The van der Waals surface area contributed by atoms with Crippen LogP contribution in [0.1, 0.15) is 35.8 Å². The van der Waals surface area contributed by atoms with Crippen molar-refractivity contribution in [3.63, 3.8) is 0 Å². The van der Waals surface area contributed by atoms with Crippen LogP contribution in [0, 0.1) is 0 Å². The summed E-state index contributed by atoms with van der Waals surface area (Å²) in [7, 11) is -1.56. The predicted molar refractivity (Wildman–Crippen MR) is 136 cm³/mol. The van der Waals surface area contributed by atoms with E-state index in [1.54, 1.807) is 30.3 Å². The monoisotopic (exact) mass is 486 g/mol. The van der Waals surface area contributed by atoms with E-state index in [1.807, 2.05) is 66.2 Å². The Morgan fingerprint density at radius 2 is 1.69 bits per heavy atom. The summed E-state index contributed by atoms with van der Waals surface area (Å²) in [4.78, 5) is 17.9. The van der Waals surface area contributed by atoms with Gasteiger partial charge in [-0.05, 0) is 54.3 Å². The number of imidazole rings is 1. The molecule has 4 aromatic rings. The molecule has 1 unspecified atom stereocenters. The van der Waals surface area contributed by atoms with Gasteiger partial charge >= 0.3 is 0 Å². The largest absolute Gasteiger partial charge is 0.339 e. The third-order valence-electron chi connectivity index (χ3n) is 6.02. The maximum absolute atomic E-state index is 12.9. The summed E-state index contributed by atoms with van der Waals surface area (Å²) in [5, 5.41) is 3.07. The molecule has 1 amide bonds. The number of hydrogen-bond acceptors (Lipinski definition) is 4. The number of carbonyl (C=O) groups is 1. The third-order valence-corrected chi connectivity index (χ3v) is 7.55. The molecule has 8 heteroatoms. The quantitative estimate of drug-likeness (QED) is 0.369. The summed E-state index contributed by atoms with van der Waals surface area (Å²) in [6, 6.07) is 23.7. The van der Waals surface area contributed by atoms with E-state index in [4.69, 9.17) is 4.98 Å². The lowest BCUT2D eigenvalue weighted by molar-refractivity contribution is -0.117. The number of hydrogen-bond donors (Lipinski definition) is 2. The van der Waals surface area contributed by atoms with Gasteiger partial charge in [-0.3, -0.25) is 4.79 Å². The number of nitrogens with one attached hydrogen (secondary N) is 2. The molecule has 1 fully saturated rings. The number of para-hydroxylation sites is 2. The smallest absolute Gasteiger partial charge is 0.244 e. The van der Waals surface area contributed by atoms with Crippen LogP contribution in [0.5, 0.6) is 0 Å². The van der Waals surface area contributed by atoms with E-state index in [0.29, 0.717) is 0 Å². The lowest BCUT2D eigenvalue weighted by atomic mass is 10.1. The summed E-state index contributed by atoms with van der Waals surface area (Å²) < 4.78 is 29.3. The Bertz CT molecular complexity index is 1490. The van der Waals surface area contributed by atoms with Gasteiger partial charge in [-0.15, -0.1) is 0 Å². The van der Waals surface area contributed by atoms with Gasteiger partial charge in [-0.25, -0.2) is 18.1 Å². The number of fused-ring (bicyclic) bond motifs is 1. The number of rotatable bonds is 8. The molecule has 7 nitrogen and oxygen atoms in total. The van der Waals surface area contributed by atoms with Crippen LogP contribution in [0.4, 0.5) is 0 Å². The highest BCUT2D eigenvalue weighted by Gasteiger charge is 2.27. The van der Waals surface area contributed by atoms with Crippen molar-refractivity contribution in [1.29, 1.82) is 0 Å². The highest BCUT2D eigenvalue weighted by molar-refractivity contribution is 7.89. The fraction of sp³-hybridized carbons (Fsp3) is 0.185. The van der Waals surface area contributed by atoms with Crippen molar-refractivity contribution in [2.24, 2.45) is 7.05 Å². The van der Waals surface area contributed by atoms with E-state index in [1.165, 1.54) is 6.08 Å². The minimum atomic E-state index is -3.50. The molecule has 1 aromatic heterocycles. The Balaban J connectivity index is 1.35. The zero-order chi connectivity index (χ0) is 24.4. The van der Waals surface area contributed by atoms with Crippen LogP contribution in [-0.2, 0) is 21.9 Å². The molecule has 35 heavy (non-hydrogen) atoms. The van der Waals surface area contributed by atoms with Gasteiger partial charge in [-0.1, -0.05) is 54.6 Å². The van der Waals surface area contributed by atoms with Gasteiger partial charge in [0.2, 0.25) is 15.9 Å². The molecule has 0 spiro atoms. The summed E-state index contributed by atoms with van der Waals surface area (Å²) >= 11 is 0. The highest BCUT2D eigenvalue weighted by atomic mass is 32.2. The van der Waals surface area contributed by atoms with Crippen molar-refractivity contribution in [1.82, 2.24) is 19.6 Å². The van der Waals surface area contributed by atoms with E-state index in [9.17, 15) is 13.2 Å². The zero-order valence-corrected chi connectivity index (χ0v) is 20.1. The number of aromatic nitrogens is 2. The average Bonchev–Trinajstić information content (AvgIpc) is 3.62. The number of aryl methyl sites for hydroxylation is 1. The zero-order valence-electron chi connectivity index (χ0n) is 19.3. The number of nitrogens with zero attached hydrogens (tertiary/aromatic N) is 2. The molecule has 2 N–H and O–H groups in total. The van der Waals surface area contributed by atoms with E-state index < -0.39 is 16.1 Å². The highest BCUT2D eigenvalue weighted by Crippen LogP contribution is 2.25. The summed E-state index contributed by atoms with van der Waals surface area (Å²) in [6.07, 6.45) is 4.88. The third kappa shape index (κ3) is 5.18. The molecule has 1 saturated carbocycles. The fourth-order valence-electron chi connectivity index (χ4n) is 3.97. The van der Waals surface area contributed by atoms with Crippen LogP contribution in [-0.4, -0.2) is 29.9 Å². The number of benzene rings is 3. The van der Waals surface area contributed by atoms with Gasteiger partial charge in [0.15, 0.2) is 0 Å². The Morgan fingerprint density at radius 3 is 2.37 bits per heavy atom. The van der Waals surface area contributed by atoms with Crippen molar-refractivity contribution in [3.05, 3.63) is 102 Å². The van der Waals surface area contributed by atoms with Crippen molar-refractivity contribution in [2.75, 3.05) is 0 Å². The Hall–Kier alpha value is -3.75. The molecular weight excluding hydrogens is 460 g/mol. The number of carbonyl (C=O) groups excluding carboxylic acids is 1. The second-order valence-corrected chi connectivity index (χ2v) is 10.4. The van der Waals surface area contributed by atoms with Crippen LogP contribution in [0.15, 0.2) is 89.8 Å². The summed E-state index contributed by atoms with van der Waals surface area (Å²) in [5.41, 5.74) is 3.50. The van der Waals surface area contributed by atoms with E-state index in [-0.39, 0.29) is 16.8 Å². The lowest BCUT2D eigenvalue weighted by Crippen LogP contribution is -2.29. The van der Waals surface area contributed by atoms with Gasteiger partial charge in [0, 0.05) is 19.2 Å². The van der Waals surface area contributed by atoms with E-state index in [0.717, 1.165) is 40.8 Å². The first-order valence-electron chi connectivity index (χ1n) is 11.5. The fourth-order valence-corrected chi connectivity index (χ4v) is 5.28. The van der Waals surface area contributed by atoms with Crippen LogP contribution >= 0.6 is 0 Å².